The van der Waals surface area contributed by atoms with Crippen LogP contribution in [-0.4, -0.2) is 36.6 Å². The van der Waals surface area contributed by atoms with Crippen molar-refractivity contribution in [1.29, 1.82) is 0 Å². The highest BCUT2D eigenvalue weighted by Crippen LogP contribution is 2.43. The van der Waals surface area contributed by atoms with E-state index in [0.717, 1.165) is 0 Å². The number of aliphatic hydroxyl groups is 1. The summed E-state index contributed by atoms with van der Waals surface area (Å²) in [6.45, 7) is -0.483. The fourth-order valence-corrected chi connectivity index (χ4v) is 2.91. The lowest BCUT2D eigenvalue weighted by Gasteiger charge is -2.14. The van der Waals surface area contributed by atoms with E-state index in [1.54, 1.807) is 0 Å². The predicted octanol–water partition coefficient (Wildman–Crippen LogP) is 2.39. The Kier molecular flexibility index (Phi) is 4.83. The van der Waals surface area contributed by atoms with E-state index in [9.17, 15) is 20.1 Å². The molecule has 0 saturated heterocycles. The van der Waals surface area contributed by atoms with E-state index in [1.807, 2.05) is 0 Å². The van der Waals surface area contributed by atoms with Crippen molar-refractivity contribution in [1.82, 2.24) is 0 Å². The first-order valence-corrected chi connectivity index (χ1v) is 7.88. The van der Waals surface area contributed by atoms with Gasteiger partial charge < -0.3 is 33.9 Å². The van der Waals surface area contributed by atoms with Crippen LogP contribution in [0.25, 0.3) is 22.1 Å². The van der Waals surface area contributed by atoms with Crippen LogP contribution in [0.4, 0.5) is 0 Å². The third-order valence-corrected chi connectivity index (χ3v) is 4.22. The molecule has 142 valence electrons. The molecule has 0 unspecified atom stereocenters. The number of rotatable bonds is 5. The van der Waals surface area contributed by atoms with E-state index in [4.69, 9.17) is 18.6 Å². The number of aromatic hydroxyl groups is 2. The summed E-state index contributed by atoms with van der Waals surface area (Å²) in [5.41, 5.74) is -0.569. The summed E-state index contributed by atoms with van der Waals surface area (Å²) in [4.78, 5) is 12.6. The number of phenols is 1. The van der Waals surface area contributed by atoms with E-state index in [-0.39, 0.29) is 50.7 Å². The molecule has 2 aromatic carbocycles. The van der Waals surface area contributed by atoms with Gasteiger partial charge in [-0.05, 0) is 17.7 Å². The fourth-order valence-electron chi connectivity index (χ4n) is 2.91. The summed E-state index contributed by atoms with van der Waals surface area (Å²) in [5.74, 6) is 0.100. The molecule has 1 aromatic heterocycles. The summed E-state index contributed by atoms with van der Waals surface area (Å²) >= 11 is 0. The van der Waals surface area contributed by atoms with Gasteiger partial charge in [-0.1, -0.05) is 0 Å². The second-order valence-electron chi connectivity index (χ2n) is 5.66. The highest BCUT2D eigenvalue weighted by molar-refractivity contribution is 5.96. The summed E-state index contributed by atoms with van der Waals surface area (Å²) in [5, 5.41) is 30.6. The van der Waals surface area contributed by atoms with Crippen LogP contribution >= 0.6 is 0 Å². The molecule has 0 atom stereocenters. The molecule has 0 aliphatic heterocycles. The average molecular weight is 374 g/mol. The molecule has 3 aromatic rings. The molecule has 0 bridgehead atoms. The molecule has 0 fully saturated rings. The van der Waals surface area contributed by atoms with Crippen molar-refractivity contribution in [3.63, 3.8) is 0 Å². The number of benzene rings is 2. The zero-order valence-corrected chi connectivity index (χ0v) is 14.9. The lowest BCUT2D eigenvalue weighted by Crippen LogP contribution is -2.06. The Balaban J connectivity index is 2.42. The van der Waals surface area contributed by atoms with Gasteiger partial charge in [0.05, 0.1) is 27.9 Å². The summed E-state index contributed by atoms with van der Waals surface area (Å²) < 4.78 is 20.8. The second kappa shape index (κ2) is 7.08. The molecule has 0 spiro atoms. The minimum absolute atomic E-state index is 0.0720. The van der Waals surface area contributed by atoms with Crippen molar-refractivity contribution in [3.8, 4) is 39.9 Å². The van der Waals surface area contributed by atoms with Crippen molar-refractivity contribution in [2.24, 2.45) is 0 Å². The molecular weight excluding hydrogens is 356 g/mol. The predicted molar refractivity (Wildman–Crippen MR) is 96.8 cm³/mol. The van der Waals surface area contributed by atoms with Crippen LogP contribution in [-0.2, 0) is 6.61 Å². The lowest BCUT2D eigenvalue weighted by molar-refractivity contribution is 0.281. The molecule has 0 amide bonds. The maximum absolute atomic E-state index is 12.6. The number of ether oxygens (including phenoxy) is 3. The smallest absolute Gasteiger partial charge is 0.348 e. The third kappa shape index (κ3) is 3.00. The van der Waals surface area contributed by atoms with Crippen LogP contribution in [0.15, 0.2) is 33.5 Å². The normalized spacial score (nSPS) is 10.8. The molecule has 3 N–H and O–H groups in total. The quantitative estimate of drug-likeness (QED) is 0.583. The van der Waals surface area contributed by atoms with Gasteiger partial charge in [0, 0.05) is 17.7 Å². The molecule has 0 saturated carbocycles. The first-order valence-electron chi connectivity index (χ1n) is 7.88. The van der Waals surface area contributed by atoms with Crippen molar-refractivity contribution in [2.45, 2.75) is 6.61 Å². The number of methoxy groups -OCH3 is 3. The first-order chi connectivity index (χ1) is 12.9. The molecule has 8 nitrogen and oxygen atoms in total. The molecular formula is C19H18O8. The van der Waals surface area contributed by atoms with Gasteiger partial charge in [-0.25, -0.2) is 4.79 Å². The zero-order valence-electron chi connectivity index (χ0n) is 14.9. The Labute approximate surface area is 153 Å². The Hall–Kier alpha value is -3.39. The molecule has 0 aliphatic carbocycles. The Bertz CT molecular complexity index is 1070. The number of aliphatic hydroxyl groups excluding tert-OH is 1. The zero-order chi connectivity index (χ0) is 19.7. The van der Waals surface area contributed by atoms with Crippen LogP contribution < -0.4 is 19.8 Å². The Morgan fingerprint density at radius 3 is 2.26 bits per heavy atom. The van der Waals surface area contributed by atoms with E-state index in [0.29, 0.717) is 5.75 Å². The number of phenolic OH excluding ortho intramolecular Hbond substituents is 1. The van der Waals surface area contributed by atoms with Crippen LogP contribution in [0, 0.1) is 0 Å². The highest BCUT2D eigenvalue weighted by Gasteiger charge is 2.23. The van der Waals surface area contributed by atoms with Crippen molar-refractivity contribution >= 4 is 11.0 Å². The Morgan fingerprint density at radius 1 is 0.963 bits per heavy atom. The van der Waals surface area contributed by atoms with Gasteiger partial charge in [-0.3, -0.25) is 0 Å². The van der Waals surface area contributed by atoms with Gasteiger partial charge >= 0.3 is 5.63 Å². The second-order valence-corrected chi connectivity index (χ2v) is 5.66. The maximum Gasteiger partial charge on any atom is 0.348 e. The van der Waals surface area contributed by atoms with Gasteiger partial charge in [-0.15, -0.1) is 0 Å². The van der Waals surface area contributed by atoms with Gasteiger partial charge in [-0.2, -0.15) is 0 Å². The molecule has 8 heteroatoms. The summed E-state index contributed by atoms with van der Waals surface area (Å²) in [7, 11) is 4.19. The van der Waals surface area contributed by atoms with Crippen LogP contribution in [0.1, 0.15) is 5.56 Å². The number of fused-ring (bicyclic) bond motifs is 1. The average Bonchev–Trinajstić information content (AvgIpc) is 2.67. The van der Waals surface area contributed by atoms with Crippen LogP contribution in [0.2, 0.25) is 0 Å². The number of hydrogen-bond acceptors (Lipinski definition) is 8. The largest absolute Gasteiger partial charge is 0.506 e. The van der Waals surface area contributed by atoms with Gasteiger partial charge in [0.15, 0.2) is 11.5 Å². The van der Waals surface area contributed by atoms with E-state index in [2.05, 4.69) is 0 Å². The van der Waals surface area contributed by atoms with E-state index in [1.165, 1.54) is 45.6 Å². The van der Waals surface area contributed by atoms with Crippen LogP contribution in [0.3, 0.4) is 0 Å². The van der Waals surface area contributed by atoms with Crippen molar-refractivity contribution in [3.05, 3.63) is 40.2 Å². The highest BCUT2D eigenvalue weighted by atomic mass is 16.5. The summed E-state index contributed by atoms with van der Waals surface area (Å²) in [6, 6.07) is 5.58. The molecule has 0 aliphatic rings. The molecule has 3 rings (SSSR count). The van der Waals surface area contributed by atoms with Crippen molar-refractivity contribution < 1.29 is 33.9 Å². The SMILES string of the molecule is COc1cc(OC)c2c(O)c(-c3cc(OC)c(O)cc3CO)c(=O)oc2c1. The van der Waals surface area contributed by atoms with Gasteiger partial charge in [0.25, 0.3) is 0 Å². The molecule has 1 heterocycles. The molecule has 27 heavy (non-hydrogen) atoms. The van der Waals surface area contributed by atoms with E-state index >= 15 is 0 Å². The van der Waals surface area contributed by atoms with Gasteiger partial charge in [0.1, 0.15) is 33.8 Å². The lowest BCUT2D eigenvalue weighted by atomic mass is 9.98. The van der Waals surface area contributed by atoms with Crippen LogP contribution in [0.5, 0.6) is 28.7 Å². The topological polar surface area (TPSA) is 119 Å². The van der Waals surface area contributed by atoms with Gasteiger partial charge in [0.2, 0.25) is 0 Å². The maximum atomic E-state index is 12.6. The standard InChI is InChI=1S/C19H18O8/c1-24-10-5-14(26-3)17-15(6-10)27-19(23)16(18(17)22)11-7-13(25-2)12(21)4-9(11)8-20/h4-7,20-22H,8H2,1-3H3. The minimum Gasteiger partial charge on any atom is -0.506 e. The third-order valence-electron chi connectivity index (χ3n) is 4.22. The number of hydrogen-bond donors (Lipinski definition) is 3. The first kappa shape index (κ1) is 18.4. The monoisotopic (exact) mass is 374 g/mol. The summed E-state index contributed by atoms with van der Waals surface area (Å²) in [6.07, 6.45) is 0. The Morgan fingerprint density at radius 2 is 1.67 bits per heavy atom. The van der Waals surface area contributed by atoms with Crippen molar-refractivity contribution in [2.75, 3.05) is 21.3 Å². The fraction of sp³-hybridized carbons (Fsp3) is 0.211. The van der Waals surface area contributed by atoms with E-state index < -0.39 is 12.2 Å². The minimum atomic E-state index is -0.835. The molecule has 0 radical (unpaired) electrons.